The summed E-state index contributed by atoms with van der Waals surface area (Å²) >= 11 is 0. The van der Waals surface area contributed by atoms with Crippen LogP contribution in [0.2, 0.25) is 0 Å². The third kappa shape index (κ3) is 2.73. The number of hydrogen-bond acceptors (Lipinski definition) is 4. The molecular formula is C16H18N4O. The molecule has 0 saturated heterocycles. The second kappa shape index (κ2) is 5.54. The van der Waals surface area contributed by atoms with Crippen LogP contribution in [0, 0.1) is 0 Å². The van der Waals surface area contributed by atoms with E-state index >= 15 is 0 Å². The fourth-order valence-electron chi connectivity index (χ4n) is 2.38. The quantitative estimate of drug-likeness (QED) is 0.737. The lowest BCUT2D eigenvalue weighted by molar-refractivity contribution is 0.404. The zero-order valence-corrected chi connectivity index (χ0v) is 12.4. The summed E-state index contributed by atoms with van der Waals surface area (Å²) in [5.41, 5.74) is 2.14. The summed E-state index contributed by atoms with van der Waals surface area (Å²) in [6.45, 7) is 0.847. The van der Waals surface area contributed by atoms with Crippen LogP contribution in [0.3, 0.4) is 0 Å². The fourth-order valence-corrected chi connectivity index (χ4v) is 2.38. The zero-order chi connectivity index (χ0) is 14.8. The van der Waals surface area contributed by atoms with Crippen molar-refractivity contribution in [1.82, 2.24) is 19.7 Å². The summed E-state index contributed by atoms with van der Waals surface area (Å²) in [4.78, 5) is 6.84. The average Bonchev–Trinajstić information content (AvgIpc) is 3.00. The van der Waals surface area contributed by atoms with Gasteiger partial charge in [-0.3, -0.25) is 0 Å². The molecule has 2 aromatic heterocycles. The topological polar surface area (TPSA) is 43.2 Å². The maximum absolute atomic E-state index is 5.30. The van der Waals surface area contributed by atoms with E-state index < -0.39 is 0 Å². The Morgan fingerprint density at radius 2 is 2.10 bits per heavy atom. The van der Waals surface area contributed by atoms with Crippen molar-refractivity contribution in [3.8, 4) is 11.6 Å². The van der Waals surface area contributed by atoms with Crippen molar-refractivity contribution in [2.75, 3.05) is 21.2 Å². The van der Waals surface area contributed by atoms with Crippen LogP contribution in [-0.4, -0.2) is 40.9 Å². The Labute approximate surface area is 123 Å². The Kier molecular flexibility index (Phi) is 3.58. The molecule has 0 N–H and O–H groups in total. The summed E-state index contributed by atoms with van der Waals surface area (Å²) in [6, 6.07) is 9.97. The second-order valence-electron chi connectivity index (χ2n) is 5.21. The molecule has 0 amide bonds. The van der Waals surface area contributed by atoms with Gasteiger partial charge < -0.3 is 9.64 Å². The van der Waals surface area contributed by atoms with Gasteiger partial charge in [-0.05, 0) is 43.9 Å². The summed E-state index contributed by atoms with van der Waals surface area (Å²) in [5.74, 6) is 1.63. The molecule has 21 heavy (non-hydrogen) atoms. The predicted molar refractivity (Wildman–Crippen MR) is 82.8 cm³/mol. The molecule has 0 aliphatic heterocycles. The number of pyridine rings is 1. The van der Waals surface area contributed by atoms with E-state index in [9.17, 15) is 0 Å². The SMILES string of the molecule is COc1ccc2c(CN(C)C)cc(-n3cccn3)nc2c1. The first-order valence-corrected chi connectivity index (χ1v) is 6.80. The number of ether oxygens (including phenoxy) is 1. The van der Waals surface area contributed by atoms with Crippen LogP contribution in [0.25, 0.3) is 16.7 Å². The minimum absolute atomic E-state index is 0.809. The van der Waals surface area contributed by atoms with Crippen LogP contribution >= 0.6 is 0 Å². The first kappa shape index (κ1) is 13.6. The molecule has 0 aliphatic rings. The maximum atomic E-state index is 5.30. The largest absolute Gasteiger partial charge is 0.497 e. The third-order valence-electron chi connectivity index (χ3n) is 3.31. The van der Waals surface area contributed by atoms with Crippen molar-refractivity contribution in [1.29, 1.82) is 0 Å². The van der Waals surface area contributed by atoms with Crippen molar-refractivity contribution in [2.45, 2.75) is 6.54 Å². The highest BCUT2D eigenvalue weighted by Gasteiger charge is 2.09. The van der Waals surface area contributed by atoms with E-state index in [0.29, 0.717) is 0 Å². The van der Waals surface area contributed by atoms with Crippen LogP contribution in [-0.2, 0) is 6.54 Å². The van der Waals surface area contributed by atoms with Crippen molar-refractivity contribution >= 4 is 10.9 Å². The molecule has 1 aromatic carbocycles. The molecule has 0 bridgehead atoms. The molecule has 2 heterocycles. The lowest BCUT2D eigenvalue weighted by atomic mass is 10.1. The molecule has 0 saturated carbocycles. The molecule has 3 rings (SSSR count). The number of methoxy groups -OCH3 is 1. The Bertz CT molecular complexity index is 750. The molecule has 3 aromatic rings. The standard InChI is InChI=1S/C16H18N4O/c1-19(2)11-12-9-16(20-8-4-7-17-20)18-15-10-13(21-3)5-6-14(12)15/h4-10H,11H2,1-3H3. The van der Waals surface area contributed by atoms with Gasteiger partial charge in [0.2, 0.25) is 0 Å². The molecule has 0 aliphatic carbocycles. The van der Waals surface area contributed by atoms with Gasteiger partial charge in [0.25, 0.3) is 0 Å². The van der Waals surface area contributed by atoms with Gasteiger partial charge in [0.05, 0.1) is 12.6 Å². The Morgan fingerprint density at radius 3 is 2.76 bits per heavy atom. The monoisotopic (exact) mass is 282 g/mol. The highest BCUT2D eigenvalue weighted by molar-refractivity contribution is 5.84. The lowest BCUT2D eigenvalue weighted by Gasteiger charge is -2.14. The fraction of sp³-hybridized carbons (Fsp3) is 0.250. The van der Waals surface area contributed by atoms with Crippen LogP contribution < -0.4 is 4.74 Å². The summed E-state index contributed by atoms with van der Waals surface area (Å²) in [5, 5.41) is 5.40. The Hall–Kier alpha value is -2.40. The van der Waals surface area contributed by atoms with Gasteiger partial charge in [0.15, 0.2) is 5.82 Å². The minimum Gasteiger partial charge on any atom is -0.497 e. The Morgan fingerprint density at radius 1 is 1.24 bits per heavy atom. The summed E-state index contributed by atoms with van der Waals surface area (Å²) < 4.78 is 7.08. The van der Waals surface area contributed by atoms with Crippen LogP contribution in [0.4, 0.5) is 0 Å². The molecule has 0 unspecified atom stereocenters. The first-order valence-electron chi connectivity index (χ1n) is 6.80. The van der Waals surface area contributed by atoms with Gasteiger partial charge in [-0.15, -0.1) is 0 Å². The lowest BCUT2D eigenvalue weighted by Crippen LogP contribution is -2.12. The number of rotatable bonds is 4. The van der Waals surface area contributed by atoms with E-state index in [0.717, 1.165) is 29.0 Å². The molecule has 5 heteroatoms. The molecule has 0 atom stereocenters. The number of hydrogen-bond donors (Lipinski definition) is 0. The van der Waals surface area contributed by atoms with Crippen molar-refractivity contribution < 1.29 is 4.74 Å². The molecule has 0 radical (unpaired) electrons. The zero-order valence-electron chi connectivity index (χ0n) is 12.4. The first-order chi connectivity index (χ1) is 10.2. The maximum Gasteiger partial charge on any atom is 0.154 e. The number of benzene rings is 1. The number of fused-ring (bicyclic) bond motifs is 1. The van der Waals surface area contributed by atoms with Crippen molar-refractivity contribution in [2.24, 2.45) is 0 Å². The highest BCUT2D eigenvalue weighted by Crippen LogP contribution is 2.25. The molecular weight excluding hydrogens is 264 g/mol. The van der Waals surface area contributed by atoms with E-state index in [4.69, 9.17) is 9.72 Å². The van der Waals surface area contributed by atoms with Crippen LogP contribution in [0.15, 0.2) is 42.7 Å². The van der Waals surface area contributed by atoms with Crippen molar-refractivity contribution in [3.63, 3.8) is 0 Å². The summed E-state index contributed by atoms with van der Waals surface area (Å²) in [7, 11) is 5.78. The second-order valence-corrected chi connectivity index (χ2v) is 5.21. The Balaban J connectivity index is 2.21. The van der Waals surface area contributed by atoms with E-state index in [1.165, 1.54) is 5.56 Å². The van der Waals surface area contributed by atoms with Gasteiger partial charge in [-0.1, -0.05) is 0 Å². The van der Waals surface area contributed by atoms with Gasteiger partial charge in [-0.2, -0.15) is 5.10 Å². The van der Waals surface area contributed by atoms with E-state index in [2.05, 4.69) is 36.2 Å². The van der Waals surface area contributed by atoms with Gasteiger partial charge >= 0.3 is 0 Å². The van der Waals surface area contributed by atoms with Crippen molar-refractivity contribution in [3.05, 3.63) is 48.3 Å². The van der Waals surface area contributed by atoms with Gasteiger partial charge in [0.1, 0.15) is 5.75 Å². The van der Waals surface area contributed by atoms with Crippen LogP contribution in [0.5, 0.6) is 5.75 Å². The highest BCUT2D eigenvalue weighted by atomic mass is 16.5. The number of aromatic nitrogens is 3. The molecule has 5 nitrogen and oxygen atoms in total. The molecule has 108 valence electrons. The predicted octanol–water partition coefficient (Wildman–Crippen LogP) is 2.49. The summed E-state index contributed by atoms with van der Waals surface area (Å²) in [6.07, 6.45) is 3.65. The van der Waals surface area contributed by atoms with Crippen LogP contribution in [0.1, 0.15) is 5.56 Å². The smallest absolute Gasteiger partial charge is 0.154 e. The average molecular weight is 282 g/mol. The minimum atomic E-state index is 0.809. The van der Waals surface area contributed by atoms with E-state index in [1.807, 2.05) is 24.4 Å². The number of nitrogens with zero attached hydrogens (tertiary/aromatic N) is 4. The molecule has 0 spiro atoms. The van der Waals surface area contributed by atoms with E-state index in [-0.39, 0.29) is 0 Å². The van der Waals surface area contributed by atoms with Gasteiger partial charge in [0, 0.05) is 30.4 Å². The van der Waals surface area contributed by atoms with E-state index in [1.54, 1.807) is 18.0 Å². The van der Waals surface area contributed by atoms with Gasteiger partial charge in [-0.25, -0.2) is 9.67 Å². The molecule has 0 fully saturated rings. The normalized spacial score (nSPS) is 11.2. The third-order valence-corrected chi connectivity index (χ3v) is 3.31.